The normalized spacial score (nSPS) is 14.5. The molecule has 4 heteroatoms. The molecule has 0 radical (unpaired) electrons. The zero-order valence-electron chi connectivity index (χ0n) is 8.57. The molecule has 0 fully saturated rings. The Labute approximate surface area is 88.9 Å². The van der Waals surface area contributed by atoms with Gasteiger partial charge in [0.2, 0.25) is 5.91 Å². The van der Waals surface area contributed by atoms with Crippen LogP contribution in [0.5, 0.6) is 0 Å². The lowest BCUT2D eigenvalue weighted by atomic mass is 10.1. The van der Waals surface area contributed by atoms with Crippen LogP contribution in [0.3, 0.4) is 0 Å². The summed E-state index contributed by atoms with van der Waals surface area (Å²) in [5, 5.41) is 0. The molecule has 4 nitrogen and oxygen atoms in total. The number of amides is 1. The van der Waals surface area contributed by atoms with Crippen LogP contribution in [0.15, 0.2) is 18.2 Å². The predicted octanol–water partition coefficient (Wildman–Crippen LogP) is 0.507. The molecule has 0 saturated carbocycles. The maximum Gasteiger partial charge on any atom is 0.231 e. The van der Waals surface area contributed by atoms with Gasteiger partial charge in [0, 0.05) is 17.9 Å². The van der Waals surface area contributed by atoms with Crippen LogP contribution in [0.4, 0.5) is 11.4 Å². The van der Waals surface area contributed by atoms with E-state index in [1.54, 1.807) is 4.90 Å². The molecular weight excluding hydrogens is 190 g/mol. The highest BCUT2D eigenvalue weighted by molar-refractivity contribution is 6.01. The number of anilines is 2. The quantitative estimate of drug-likeness (QED) is 0.706. The van der Waals surface area contributed by atoms with Crippen molar-refractivity contribution in [2.24, 2.45) is 5.73 Å². The Hall–Kier alpha value is -1.55. The molecule has 0 aromatic heterocycles. The van der Waals surface area contributed by atoms with Crippen molar-refractivity contribution < 1.29 is 4.79 Å². The van der Waals surface area contributed by atoms with Crippen molar-refractivity contribution in [3.05, 3.63) is 23.8 Å². The molecule has 80 valence electrons. The van der Waals surface area contributed by atoms with E-state index in [1.165, 1.54) is 0 Å². The minimum Gasteiger partial charge on any atom is -0.399 e. The first-order chi connectivity index (χ1) is 7.22. The average molecular weight is 205 g/mol. The van der Waals surface area contributed by atoms with Gasteiger partial charge in [0.25, 0.3) is 0 Å². The SMILES string of the molecule is NCCCN1C(=O)Cc2cc(N)ccc21. The van der Waals surface area contributed by atoms with E-state index in [1.807, 2.05) is 18.2 Å². The molecule has 0 atom stereocenters. The molecule has 1 aliphatic rings. The number of benzene rings is 1. The van der Waals surface area contributed by atoms with Gasteiger partial charge in [-0.2, -0.15) is 0 Å². The minimum atomic E-state index is 0.143. The van der Waals surface area contributed by atoms with Gasteiger partial charge in [-0.05, 0) is 36.7 Å². The van der Waals surface area contributed by atoms with Crippen LogP contribution < -0.4 is 16.4 Å². The number of carbonyl (C=O) groups excluding carboxylic acids is 1. The van der Waals surface area contributed by atoms with Crippen LogP contribution in [-0.2, 0) is 11.2 Å². The fraction of sp³-hybridized carbons (Fsp3) is 0.364. The summed E-state index contributed by atoms with van der Waals surface area (Å²) in [6.07, 6.45) is 1.29. The van der Waals surface area contributed by atoms with Gasteiger partial charge in [0.05, 0.1) is 6.42 Å². The van der Waals surface area contributed by atoms with E-state index in [4.69, 9.17) is 11.5 Å². The number of nitrogens with zero attached hydrogens (tertiary/aromatic N) is 1. The van der Waals surface area contributed by atoms with Crippen LogP contribution in [0.2, 0.25) is 0 Å². The molecule has 1 aromatic rings. The van der Waals surface area contributed by atoms with Crippen molar-refractivity contribution in [3.8, 4) is 0 Å². The molecule has 1 amide bonds. The molecule has 0 aliphatic carbocycles. The zero-order chi connectivity index (χ0) is 10.8. The highest BCUT2D eigenvalue weighted by atomic mass is 16.2. The number of hydrogen-bond donors (Lipinski definition) is 2. The molecule has 1 aliphatic heterocycles. The molecule has 15 heavy (non-hydrogen) atoms. The molecule has 0 unspecified atom stereocenters. The third-order valence-corrected chi connectivity index (χ3v) is 2.62. The summed E-state index contributed by atoms with van der Waals surface area (Å²) in [5.41, 5.74) is 13.8. The topological polar surface area (TPSA) is 72.3 Å². The second kappa shape index (κ2) is 3.90. The Kier molecular flexibility index (Phi) is 2.60. The lowest BCUT2D eigenvalue weighted by Gasteiger charge is -2.16. The Morgan fingerprint density at radius 2 is 2.20 bits per heavy atom. The minimum absolute atomic E-state index is 0.143. The summed E-state index contributed by atoms with van der Waals surface area (Å²) in [6.45, 7) is 1.31. The van der Waals surface area contributed by atoms with Crippen molar-refractivity contribution in [1.29, 1.82) is 0 Å². The van der Waals surface area contributed by atoms with Crippen LogP contribution >= 0.6 is 0 Å². The van der Waals surface area contributed by atoms with Gasteiger partial charge in [-0.25, -0.2) is 0 Å². The van der Waals surface area contributed by atoms with E-state index in [0.717, 1.165) is 17.7 Å². The molecule has 2 rings (SSSR count). The first-order valence-corrected chi connectivity index (χ1v) is 5.11. The number of rotatable bonds is 3. The predicted molar refractivity (Wildman–Crippen MR) is 60.6 cm³/mol. The van der Waals surface area contributed by atoms with Crippen LogP contribution in [0.1, 0.15) is 12.0 Å². The van der Waals surface area contributed by atoms with Crippen molar-refractivity contribution in [3.63, 3.8) is 0 Å². The molecule has 4 N–H and O–H groups in total. The van der Waals surface area contributed by atoms with Crippen molar-refractivity contribution in [1.82, 2.24) is 0 Å². The third kappa shape index (κ3) is 1.80. The van der Waals surface area contributed by atoms with Gasteiger partial charge < -0.3 is 16.4 Å². The van der Waals surface area contributed by atoms with Gasteiger partial charge >= 0.3 is 0 Å². The van der Waals surface area contributed by atoms with Crippen molar-refractivity contribution in [2.45, 2.75) is 12.8 Å². The van der Waals surface area contributed by atoms with Crippen molar-refractivity contribution in [2.75, 3.05) is 23.7 Å². The molecule has 0 bridgehead atoms. The Balaban J connectivity index is 2.25. The molecule has 0 saturated heterocycles. The summed E-state index contributed by atoms with van der Waals surface area (Å²) in [4.78, 5) is 13.5. The maximum absolute atomic E-state index is 11.7. The second-order valence-electron chi connectivity index (χ2n) is 3.75. The van der Waals surface area contributed by atoms with Gasteiger partial charge in [-0.15, -0.1) is 0 Å². The van der Waals surface area contributed by atoms with Gasteiger partial charge in [0.1, 0.15) is 0 Å². The second-order valence-corrected chi connectivity index (χ2v) is 3.75. The number of fused-ring (bicyclic) bond motifs is 1. The number of nitrogens with two attached hydrogens (primary N) is 2. The van der Waals surface area contributed by atoms with Gasteiger partial charge in [0.15, 0.2) is 0 Å². The van der Waals surface area contributed by atoms with E-state index in [-0.39, 0.29) is 5.91 Å². The van der Waals surface area contributed by atoms with Gasteiger partial charge in [-0.3, -0.25) is 4.79 Å². The molecular formula is C11H15N3O. The summed E-state index contributed by atoms with van der Waals surface area (Å²) in [7, 11) is 0. The highest BCUT2D eigenvalue weighted by Crippen LogP contribution is 2.30. The summed E-state index contributed by atoms with van der Waals surface area (Å²) >= 11 is 0. The number of carbonyl (C=O) groups is 1. The van der Waals surface area contributed by atoms with E-state index < -0.39 is 0 Å². The summed E-state index contributed by atoms with van der Waals surface area (Å²) in [5.74, 6) is 0.143. The number of nitrogen functional groups attached to an aromatic ring is 1. The Bertz CT molecular complexity index is 389. The van der Waals surface area contributed by atoms with E-state index in [9.17, 15) is 4.79 Å². The molecule has 1 aromatic carbocycles. The van der Waals surface area contributed by atoms with Crippen molar-refractivity contribution >= 4 is 17.3 Å². The Morgan fingerprint density at radius 3 is 2.93 bits per heavy atom. The summed E-state index contributed by atoms with van der Waals surface area (Å²) < 4.78 is 0. The lowest BCUT2D eigenvalue weighted by Crippen LogP contribution is -2.29. The zero-order valence-corrected chi connectivity index (χ0v) is 8.57. The third-order valence-electron chi connectivity index (χ3n) is 2.62. The first-order valence-electron chi connectivity index (χ1n) is 5.11. The van der Waals surface area contributed by atoms with Crippen LogP contribution in [-0.4, -0.2) is 19.0 Å². The summed E-state index contributed by atoms with van der Waals surface area (Å²) in [6, 6.07) is 5.61. The smallest absolute Gasteiger partial charge is 0.231 e. The van der Waals surface area contributed by atoms with E-state index in [2.05, 4.69) is 0 Å². The largest absolute Gasteiger partial charge is 0.399 e. The monoisotopic (exact) mass is 205 g/mol. The van der Waals surface area contributed by atoms with E-state index in [0.29, 0.717) is 25.2 Å². The standard InChI is InChI=1S/C11H15N3O/c12-4-1-5-14-10-3-2-9(13)6-8(10)7-11(14)15/h2-3,6H,1,4-5,7,12-13H2. The first kappa shape index (κ1) is 9.98. The van der Waals surface area contributed by atoms with Gasteiger partial charge in [-0.1, -0.05) is 0 Å². The maximum atomic E-state index is 11.7. The Morgan fingerprint density at radius 1 is 1.40 bits per heavy atom. The molecule has 1 heterocycles. The average Bonchev–Trinajstić information content (AvgIpc) is 2.50. The van der Waals surface area contributed by atoms with E-state index >= 15 is 0 Å². The fourth-order valence-corrected chi connectivity index (χ4v) is 1.90. The van der Waals surface area contributed by atoms with Crippen LogP contribution in [0, 0.1) is 0 Å². The lowest BCUT2D eigenvalue weighted by molar-refractivity contribution is -0.117. The van der Waals surface area contributed by atoms with Crippen LogP contribution in [0.25, 0.3) is 0 Å². The highest BCUT2D eigenvalue weighted by Gasteiger charge is 2.26. The number of hydrogen-bond acceptors (Lipinski definition) is 3. The molecule has 0 spiro atoms. The fourth-order valence-electron chi connectivity index (χ4n) is 1.90.